The van der Waals surface area contributed by atoms with E-state index in [1.807, 2.05) is 0 Å². The molecule has 0 aliphatic carbocycles. The molecule has 1 aromatic carbocycles. The molecular weight excluding hydrogens is 475 g/mol. The average molecular weight is 492 g/mol. The lowest BCUT2D eigenvalue weighted by Crippen LogP contribution is -2.54. The second-order valence-electron chi connectivity index (χ2n) is 7.31. The molecule has 1 aliphatic heterocycles. The van der Waals surface area contributed by atoms with E-state index in [2.05, 4.69) is 25.6 Å². The third-order valence-electron chi connectivity index (χ3n) is 4.21. The highest BCUT2D eigenvalue weighted by Crippen LogP contribution is 2.51. The zero-order valence-electron chi connectivity index (χ0n) is 15.2. The minimum absolute atomic E-state index is 0.121. The maximum absolute atomic E-state index is 14.6. The first-order chi connectivity index (χ1) is 12.9. The van der Waals surface area contributed by atoms with E-state index in [-0.39, 0.29) is 22.2 Å². The van der Waals surface area contributed by atoms with Gasteiger partial charge in [-0.25, -0.2) is 4.98 Å². The van der Waals surface area contributed by atoms with Gasteiger partial charge >= 0.3 is 5.97 Å². The molecule has 2 N–H and O–H groups in total. The molecule has 0 saturated heterocycles. The monoisotopic (exact) mass is 490 g/mol. The van der Waals surface area contributed by atoms with Gasteiger partial charge in [0.25, 0.3) is 5.95 Å². The normalized spacial score (nSPS) is 19.4. The number of aliphatic carboxylic acids is 1. The first-order valence-corrected chi connectivity index (χ1v) is 10.5. The highest BCUT2D eigenvalue weighted by Gasteiger charge is 2.50. The number of hydrogen-bond acceptors (Lipinski definition) is 5. The Bertz CT molecular complexity index is 956. The number of carboxylic acid groups (broad SMARTS) is 1. The molecule has 3 rings (SSSR count). The van der Waals surface area contributed by atoms with E-state index in [0.29, 0.717) is 10.0 Å². The Kier molecular flexibility index (Phi) is 5.68. The summed E-state index contributed by atoms with van der Waals surface area (Å²) in [6, 6.07) is 6.24. The third-order valence-corrected chi connectivity index (χ3v) is 6.55. The summed E-state index contributed by atoms with van der Waals surface area (Å²) in [4.78, 5) is 15.4. The number of nitrogens with one attached hydrogen (secondary N) is 1. The number of pyridine rings is 1. The van der Waals surface area contributed by atoms with Crippen LogP contribution in [0.3, 0.4) is 0 Å². The van der Waals surface area contributed by atoms with Gasteiger partial charge in [-0.05, 0) is 45.0 Å². The van der Waals surface area contributed by atoms with Crippen LogP contribution in [0.1, 0.15) is 38.3 Å². The molecule has 0 spiro atoms. The first kappa shape index (κ1) is 21.3. The number of carbonyl (C=O) groups is 1. The lowest BCUT2D eigenvalue weighted by molar-refractivity contribution is -0.138. The van der Waals surface area contributed by atoms with Gasteiger partial charge in [-0.3, -0.25) is 4.79 Å². The van der Waals surface area contributed by atoms with Crippen molar-refractivity contribution in [3.8, 4) is 11.5 Å². The average Bonchev–Trinajstić information content (AvgIpc) is 2.55. The number of fused-ring (bicyclic) bond motifs is 2. The van der Waals surface area contributed by atoms with E-state index >= 15 is 0 Å². The fourth-order valence-electron chi connectivity index (χ4n) is 2.94. The molecule has 28 heavy (non-hydrogen) atoms. The van der Waals surface area contributed by atoms with Gasteiger partial charge in [0.15, 0.2) is 5.75 Å². The van der Waals surface area contributed by atoms with Gasteiger partial charge in [-0.1, -0.05) is 27.5 Å². The second kappa shape index (κ2) is 7.46. The van der Waals surface area contributed by atoms with Crippen LogP contribution >= 0.6 is 27.5 Å². The minimum atomic E-state index is -1.70. The van der Waals surface area contributed by atoms with E-state index in [9.17, 15) is 18.8 Å². The Balaban J connectivity index is 2.35. The van der Waals surface area contributed by atoms with Crippen LogP contribution in [0.5, 0.6) is 11.5 Å². The highest BCUT2D eigenvalue weighted by atomic mass is 79.9. The summed E-state index contributed by atoms with van der Waals surface area (Å²) >= 11 is 7.63. The largest absolute Gasteiger partial charge is 0.598 e. The number of hydrogen-bond donors (Lipinski definition) is 2. The molecule has 0 radical (unpaired) electrons. The molecule has 1 aliphatic rings. The van der Waals surface area contributed by atoms with Crippen LogP contribution in [0.4, 0.5) is 4.39 Å². The predicted octanol–water partition coefficient (Wildman–Crippen LogP) is 4.51. The molecular formula is C18H17BrClFN2O4S. The summed E-state index contributed by atoms with van der Waals surface area (Å²) < 4.78 is 36.1. The molecule has 0 amide bonds. The van der Waals surface area contributed by atoms with Crippen LogP contribution in [-0.2, 0) is 21.7 Å². The van der Waals surface area contributed by atoms with Crippen LogP contribution in [0.25, 0.3) is 0 Å². The fraction of sp³-hybridized carbons (Fsp3) is 0.333. The first-order valence-electron chi connectivity index (χ1n) is 8.20. The molecule has 6 nitrogen and oxygen atoms in total. The van der Waals surface area contributed by atoms with Crippen molar-refractivity contribution >= 4 is 44.9 Å². The second-order valence-corrected chi connectivity index (χ2v) is 10.6. The minimum Gasteiger partial charge on any atom is -0.598 e. The predicted molar refractivity (Wildman–Crippen MR) is 107 cm³/mol. The maximum Gasteiger partial charge on any atom is 0.306 e. The van der Waals surface area contributed by atoms with Crippen molar-refractivity contribution in [1.82, 2.24) is 9.71 Å². The van der Waals surface area contributed by atoms with Gasteiger partial charge in [0.05, 0.1) is 6.42 Å². The van der Waals surface area contributed by atoms with Crippen LogP contribution < -0.4 is 9.46 Å². The van der Waals surface area contributed by atoms with E-state index in [4.69, 9.17) is 16.3 Å². The Morgan fingerprint density at radius 3 is 2.71 bits per heavy atom. The molecule has 2 heterocycles. The fourth-order valence-corrected chi connectivity index (χ4v) is 4.40. The summed E-state index contributed by atoms with van der Waals surface area (Å²) in [7, 11) is 0. The summed E-state index contributed by atoms with van der Waals surface area (Å²) in [5, 5.41) is 9.50. The van der Waals surface area contributed by atoms with Crippen molar-refractivity contribution in [3.05, 3.63) is 51.0 Å². The Hall–Kier alpha value is -1.39. The van der Waals surface area contributed by atoms with E-state index in [0.717, 1.165) is 0 Å². The van der Waals surface area contributed by atoms with Crippen molar-refractivity contribution < 1.29 is 23.6 Å². The van der Waals surface area contributed by atoms with Gasteiger partial charge in [0, 0.05) is 27.0 Å². The molecule has 2 unspecified atom stereocenters. The number of aromatic nitrogens is 1. The van der Waals surface area contributed by atoms with Crippen molar-refractivity contribution in [3.63, 3.8) is 0 Å². The molecule has 0 saturated carbocycles. The summed E-state index contributed by atoms with van der Waals surface area (Å²) in [6.45, 7) is 5.23. The van der Waals surface area contributed by atoms with Crippen molar-refractivity contribution in [1.29, 1.82) is 0 Å². The lowest BCUT2D eigenvalue weighted by Gasteiger charge is -2.41. The summed E-state index contributed by atoms with van der Waals surface area (Å²) in [6.07, 6.45) is -0.519. The van der Waals surface area contributed by atoms with Crippen LogP contribution in [0, 0.1) is 5.95 Å². The van der Waals surface area contributed by atoms with Crippen LogP contribution in [0.15, 0.2) is 28.7 Å². The highest BCUT2D eigenvalue weighted by molar-refractivity contribution is 9.10. The zero-order chi connectivity index (χ0) is 20.9. The van der Waals surface area contributed by atoms with Crippen LogP contribution in [-0.4, -0.2) is 25.4 Å². The Labute approximate surface area is 177 Å². The topological polar surface area (TPSA) is 94.5 Å². The van der Waals surface area contributed by atoms with E-state index < -0.39 is 40.0 Å². The molecule has 2 atom stereocenters. The van der Waals surface area contributed by atoms with Gasteiger partial charge in [-0.2, -0.15) is 4.39 Å². The van der Waals surface area contributed by atoms with Crippen molar-refractivity contribution in [2.75, 3.05) is 0 Å². The molecule has 0 bridgehead atoms. The summed E-state index contributed by atoms with van der Waals surface area (Å²) in [5.74, 6) is -2.17. The number of ether oxygens (including phenoxy) is 1. The van der Waals surface area contributed by atoms with E-state index in [1.54, 1.807) is 39.0 Å². The SMILES string of the molecule is CC(C)(C)[S+]([O-])NC1(CC(=O)O)c2cc(Br)ccc2Oc2c1cc(Cl)nc2F. The quantitative estimate of drug-likeness (QED) is 0.483. The number of carboxylic acids is 1. The smallest absolute Gasteiger partial charge is 0.306 e. The van der Waals surface area contributed by atoms with Crippen molar-refractivity contribution in [2.45, 2.75) is 37.5 Å². The Morgan fingerprint density at radius 2 is 2.11 bits per heavy atom. The lowest BCUT2D eigenvalue weighted by atomic mass is 9.79. The van der Waals surface area contributed by atoms with Crippen LogP contribution in [0.2, 0.25) is 5.15 Å². The number of halogens is 3. The third kappa shape index (κ3) is 3.86. The number of nitrogens with zero attached hydrogens (tertiary/aromatic N) is 1. The Morgan fingerprint density at radius 1 is 1.43 bits per heavy atom. The molecule has 2 aromatic rings. The summed E-state index contributed by atoms with van der Waals surface area (Å²) in [5.41, 5.74) is -1.03. The molecule has 10 heteroatoms. The van der Waals surface area contributed by atoms with Gasteiger partial charge in [-0.15, -0.1) is 4.72 Å². The zero-order valence-corrected chi connectivity index (χ0v) is 18.3. The van der Waals surface area contributed by atoms with Gasteiger partial charge < -0.3 is 14.4 Å². The molecule has 1 aromatic heterocycles. The van der Waals surface area contributed by atoms with E-state index in [1.165, 1.54) is 6.07 Å². The van der Waals surface area contributed by atoms with Gasteiger partial charge in [0.1, 0.15) is 21.2 Å². The number of benzene rings is 1. The van der Waals surface area contributed by atoms with Crippen molar-refractivity contribution in [2.24, 2.45) is 0 Å². The number of rotatable bonds is 4. The maximum atomic E-state index is 14.6. The molecule has 150 valence electrons. The van der Waals surface area contributed by atoms with Gasteiger partial charge in [0.2, 0.25) is 0 Å². The molecule has 0 fully saturated rings. The standard InChI is InChI=1S/C18H17BrClFN2O4S/c1-17(2,3)28(26)23-18(8-14(24)25)10-6-9(19)4-5-12(10)27-15-11(18)7-13(20)22-16(15)21/h4-7,23H,8H2,1-3H3,(H,24,25).